The average Bonchev–Trinajstić information content (AvgIpc) is 2.73. The van der Waals surface area contributed by atoms with Crippen molar-refractivity contribution in [1.29, 1.82) is 0 Å². The van der Waals surface area contributed by atoms with Gasteiger partial charge in [-0.2, -0.15) is 4.98 Å². The molecule has 0 radical (unpaired) electrons. The molecule has 0 bridgehead atoms. The maximum absolute atomic E-state index is 12.9. The number of pyridine rings is 1. The van der Waals surface area contributed by atoms with Gasteiger partial charge in [0, 0.05) is 17.5 Å². The van der Waals surface area contributed by atoms with Crippen LogP contribution in [0.3, 0.4) is 0 Å². The van der Waals surface area contributed by atoms with E-state index in [2.05, 4.69) is 10.3 Å². The third-order valence-electron chi connectivity index (χ3n) is 3.82. The Labute approximate surface area is 162 Å². The summed E-state index contributed by atoms with van der Waals surface area (Å²) in [5.41, 5.74) is 2.33. The van der Waals surface area contributed by atoms with Crippen LogP contribution in [-0.4, -0.2) is 25.1 Å². The smallest absolute Gasteiger partial charge is 0.257 e. The molecule has 6 heteroatoms. The van der Waals surface area contributed by atoms with E-state index in [0.717, 1.165) is 11.3 Å². The van der Waals surface area contributed by atoms with E-state index in [0.29, 0.717) is 28.0 Å². The van der Waals surface area contributed by atoms with Crippen LogP contribution in [0.4, 0.5) is 5.69 Å². The first-order valence-corrected chi connectivity index (χ1v) is 9.36. The maximum atomic E-state index is 12.9. The molecule has 27 heavy (non-hydrogen) atoms. The third kappa shape index (κ3) is 4.80. The van der Waals surface area contributed by atoms with Crippen molar-refractivity contribution in [2.24, 2.45) is 0 Å². The Bertz CT molecular complexity index is 902. The van der Waals surface area contributed by atoms with Gasteiger partial charge >= 0.3 is 0 Å². The summed E-state index contributed by atoms with van der Waals surface area (Å²) in [5, 5.41) is 2.91. The first-order chi connectivity index (χ1) is 13.2. The molecule has 0 saturated carbocycles. The van der Waals surface area contributed by atoms with Crippen LogP contribution in [-0.2, 0) is 5.75 Å². The molecule has 0 aliphatic heterocycles. The molecule has 3 aromatic rings. The highest BCUT2D eigenvalue weighted by atomic mass is 32.2. The van der Waals surface area contributed by atoms with Crippen molar-refractivity contribution >= 4 is 23.4 Å². The quantitative estimate of drug-likeness (QED) is 0.605. The van der Waals surface area contributed by atoms with Crippen molar-refractivity contribution < 1.29 is 14.3 Å². The van der Waals surface area contributed by atoms with Gasteiger partial charge in [0.25, 0.3) is 5.91 Å². The topological polar surface area (TPSA) is 60.5 Å². The van der Waals surface area contributed by atoms with E-state index in [4.69, 9.17) is 9.47 Å². The first kappa shape index (κ1) is 18.8. The highest BCUT2D eigenvalue weighted by Gasteiger charge is 2.20. The molecule has 0 aliphatic rings. The largest absolute Gasteiger partial charge is 0.481 e. The number of carbonyl (C=O) groups excluding carboxylic acids is 1. The van der Waals surface area contributed by atoms with Gasteiger partial charge in [-0.3, -0.25) is 4.79 Å². The summed E-state index contributed by atoms with van der Waals surface area (Å²) < 4.78 is 10.7. The predicted molar refractivity (Wildman–Crippen MR) is 108 cm³/mol. The number of hydrogen-bond donors (Lipinski definition) is 1. The maximum Gasteiger partial charge on any atom is 0.257 e. The fraction of sp³-hybridized carbons (Fsp3) is 0.143. The lowest BCUT2D eigenvalue weighted by molar-refractivity contribution is 0.102. The second-order valence-electron chi connectivity index (χ2n) is 5.65. The van der Waals surface area contributed by atoms with E-state index in [1.54, 1.807) is 6.07 Å². The second kappa shape index (κ2) is 9.09. The zero-order chi connectivity index (χ0) is 19.1. The number of amides is 1. The van der Waals surface area contributed by atoms with Crippen LogP contribution in [0, 0.1) is 0 Å². The van der Waals surface area contributed by atoms with Crippen LogP contribution < -0.4 is 14.8 Å². The van der Waals surface area contributed by atoms with Gasteiger partial charge in [0.1, 0.15) is 0 Å². The molecule has 0 atom stereocenters. The minimum absolute atomic E-state index is 0.240. The lowest BCUT2D eigenvalue weighted by atomic mass is 10.2. The predicted octanol–water partition coefficient (Wildman–Crippen LogP) is 4.64. The minimum Gasteiger partial charge on any atom is -0.481 e. The van der Waals surface area contributed by atoms with Crippen molar-refractivity contribution in [3.8, 4) is 11.8 Å². The van der Waals surface area contributed by atoms with Crippen molar-refractivity contribution in [3.63, 3.8) is 0 Å². The van der Waals surface area contributed by atoms with Crippen LogP contribution in [0.15, 0.2) is 71.6 Å². The van der Waals surface area contributed by atoms with Crippen molar-refractivity contribution in [3.05, 3.63) is 77.9 Å². The summed E-state index contributed by atoms with van der Waals surface area (Å²) in [7, 11) is 3.05. The van der Waals surface area contributed by atoms with Gasteiger partial charge in [0.15, 0.2) is 0 Å². The lowest BCUT2D eigenvalue weighted by Crippen LogP contribution is -2.14. The standard InChI is InChI=1S/C21H20N2O3S/c1-25-18-13-17(20(24)22-16-11-7-4-8-12-16)19(21(23-18)26-2)27-14-15-9-5-3-6-10-15/h3-13H,14H2,1-2H3,(H,22,24). The van der Waals surface area contributed by atoms with Crippen molar-refractivity contribution in [2.45, 2.75) is 10.6 Å². The van der Waals surface area contributed by atoms with Gasteiger partial charge < -0.3 is 14.8 Å². The summed E-state index contributed by atoms with van der Waals surface area (Å²) in [4.78, 5) is 17.9. The van der Waals surface area contributed by atoms with Gasteiger partial charge in [-0.05, 0) is 17.7 Å². The normalized spacial score (nSPS) is 10.3. The summed E-state index contributed by atoms with van der Waals surface area (Å²) in [6.45, 7) is 0. The summed E-state index contributed by atoms with van der Waals surface area (Å²) in [5.74, 6) is 1.15. The molecule has 138 valence electrons. The molecule has 5 nitrogen and oxygen atoms in total. The number of thioether (sulfide) groups is 1. The minimum atomic E-state index is -0.240. The molecule has 0 spiro atoms. The highest BCUT2D eigenvalue weighted by molar-refractivity contribution is 7.98. The Hall–Kier alpha value is -2.99. The molecule has 0 fully saturated rings. The van der Waals surface area contributed by atoms with E-state index < -0.39 is 0 Å². The molecule has 0 unspecified atom stereocenters. The Morgan fingerprint density at radius 2 is 1.67 bits per heavy atom. The fourth-order valence-corrected chi connectivity index (χ4v) is 3.55. The number of benzene rings is 2. The lowest BCUT2D eigenvalue weighted by Gasteiger charge is -2.14. The summed E-state index contributed by atoms with van der Waals surface area (Å²) in [6, 6.07) is 21.0. The summed E-state index contributed by atoms with van der Waals surface area (Å²) >= 11 is 1.51. The second-order valence-corrected chi connectivity index (χ2v) is 6.63. The SMILES string of the molecule is COc1cc(C(=O)Nc2ccccc2)c(SCc2ccccc2)c(OC)n1. The number of hydrogen-bond acceptors (Lipinski definition) is 5. The van der Waals surface area contributed by atoms with Crippen LogP contribution in [0.1, 0.15) is 15.9 Å². The van der Waals surface area contributed by atoms with Crippen LogP contribution in [0.2, 0.25) is 0 Å². The van der Waals surface area contributed by atoms with E-state index >= 15 is 0 Å². The number of nitrogens with one attached hydrogen (secondary N) is 1. The molecule has 1 aromatic heterocycles. The number of aromatic nitrogens is 1. The highest BCUT2D eigenvalue weighted by Crippen LogP contribution is 2.36. The number of ether oxygens (including phenoxy) is 2. The van der Waals surface area contributed by atoms with Crippen LogP contribution in [0.25, 0.3) is 0 Å². The average molecular weight is 380 g/mol. The number of carbonyl (C=O) groups is 1. The summed E-state index contributed by atoms with van der Waals surface area (Å²) in [6.07, 6.45) is 0. The zero-order valence-corrected chi connectivity index (χ0v) is 16.0. The Morgan fingerprint density at radius 3 is 2.30 bits per heavy atom. The number of methoxy groups -OCH3 is 2. The Morgan fingerprint density at radius 1 is 1.00 bits per heavy atom. The molecular formula is C21H20N2O3S. The van der Waals surface area contributed by atoms with Crippen LogP contribution in [0.5, 0.6) is 11.8 Å². The van der Waals surface area contributed by atoms with E-state index in [1.807, 2.05) is 60.7 Å². The van der Waals surface area contributed by atoms with Crippen molar-refractivity contribution in [2.75, 3.05) is 19.5 Å². The molecule has 0 saturated heterocycles. The fourth-order valence-electron chi connectivity index (χ4n) is 2.49. The number of nitrogens with zero attached hydrogens (tertiary/aromatic N) is 1. The molecular weight excluding hydrogens is 360 g/mol. The Balaban J connectivity index is 1.93. The molecule has 1 heterocycles. The number of anilines is 1. The zero-order valence-electron chi connectivity index (χ0n) is 15.1. The van der Waals surface area contributed by atoms with E-state index in [1.165, 1.54) is 26.0 Å². The molecule has 1 amide bonds. The third-order valence-corrected chi connectivity index (χ3v) is 4.98. The van der Waals surface area contributed by atoms with Crippen molar-refractivity contribution in [1.82, 2.24) is 4.98 Å². The molecule has 0 aliphatic carbocycles. The van der Waals surface area contributed by atoms with E-state index in [9.17, 15) is 4.79 Å². The van der Waals surface area contributed by atoms with Gasteiger partial charge in [-0.1, -0.05) is 48.5 Å². The number of rotatable bonds is 7. The number of para-hydroxylation sites is 1. The van der Waals surface area contributed by atoms with Gasteiger partial charge in [-0.25, -0.2) is 0 Å². The first-order valence-electron chi connectivity index (χ1n) is 8.37. The molecule has 1 N–H and O–H groups in total. The van der Waals surface area contributed by atoms with Gasteiger partial charge in [-0.15, -0.1) is 11.8 Å². The van der Waals surface area contributed by atoms with Gasteiger partial charge in [0.05, 0.1) is 24.7 Å². The Kier molecular flexibility index (Phi) is 6.33. The van der Waals surface area contributed by atoms with Gasteiger partial charge in [0.2, 0.25) is 11.8 Å². The molecule has 3 rings (SSSR count). The monoisotopic (exact) mass is 380 g/mol. The molecule has 2 aromatic carbocycles. The van der Waals surface area contributed by atoms with E-state index in [-0.39, 0.29) is 5.91 Å². The van der Waals surface area contributed by atoms with Crippen LogP contribution >= 0.6 is 11.8 Å².